The maximum absolute atomic E-state index is 13.1. The molecule has 0 aliphatic carbocycles. The van der Waals surface area contributed by atoms with Gasteiger partial charge in [0, 0.05) is 24.5 Å². The lowest BCUT2D eigenvalue weighted by molar-refractivity contribution is 0.588. The van der Waals surface area contributed by atoms with Gasteiger partial charge in [-0.15, -0.1) is 0 Å². The second kappa shape index (κ2) is 6.66. The monoisotopic (exact) mass is 507 g/mol. The van der Waals surface area contributed by atoms with E-state index in [0.717, 1.165) is 26.1 Å². The van der Waals surface area contributed by atoms with Crippen LogP contribution < -0.4 is 0 Å². The molecule has 0 radical (unpaired) electrons. The number of nitrogens with zero attached hydrogens (tertiary/aromatic N) is 5. The highest BCUT2D eigenvalue weighted by molar-refractivity contribution is 14.1. The normalized spacial score (nSPS) is 12.0. The fourth-order valence-corrected chi connectivity index (χ4v) is 5.34. The van der Waals surface area contributed by atoms with Crippen LogP contribution in [0.4, 0.5) is 0 Å². The molecule has 28 heavy (non-hydrogen) atoms. The molecule has 1 aromatic carbocycles. The summed E-state index contributed by atoms with van der Waals surface area (Å²) in [6.45, 7) is 5.81. The Morgan fingerprint density at radius 2 is 1.75 bits per heavy atom. The van der Waals surface area contributed by atoms with E-state index in [2.05, 4.69) is 32.7 Å². The van der Waals surface area contributed by atoms with E-state index in [1.165, 1.54) is 3.97 Å². The van der Waals surface area contributed by atoms with Crippen molar-refractivity contribution in [3.05, 3.63) is 57.2 Å². The highest BCUT2D eigenvalue weighted by atomic mass is 127. The molecular formula is C19H18IN5O2S. The Labute approximate surface area is 176 Å². The lowest BCUT2D eigenvalue weighted by Gasteiger charge is -2.07. The molecule has 0 unspecified atom stereocenters. The van der Waals surface area contributed by atoms with Crippen molar-refractivity contribution in [1.82, 2.24) is 23.7 Å². The SMILES string of the molecule is Cc1ccc(S(=O)(=O)n2cc(I)c3nc(-c4c(C)nn(C)c4C)cnc32)cc1. The van der Waals surface area contributed by atoms with Crippen LogP contribution in [0.25, 0.3) is 22.4 Å². The van der Waals surface area contributed by atoms with Crippen LogP contribution in [-0.4, -0.2) is 32.1 Å². The van der Waals surface area contributed by atoms with E-state index in [0.29, 0.717) is 16.9 Å². The molecular weight excluding hydrogens is 489 g/mol. The quantitative estimate of drug-likeness (QED) is 0.396. The van der Waals surface area contributed by atoms with Crippen molar-refractivity contribution in [2.24, 2.45) is 7.05 Å². The van der Waals surface area contributed by atoms with Gasteiger partial charge in [0.25, 0.3) is 10.0 Å². The van der Waals surface area contributed by atoms with Gasteiger partial charge in [-0.25, -0.2) is 22.4 Å². The van der Waals surface area contributed by atoms with E-state index < -0.39 is 10.0 Å². The van der Waals surface area contributed by atoms with Crippen LogP contribution in [0.1, 0.15) is 17.0 Å². The molecule has 0 amide bonds. The average molecular weight is 507 g/mol. The van der Waals surface area contributed by atoms with Crippen molar-refractivity contribution >= 4 is 43.8 Å². The number of aromatic nitrogens is 5. The topological polar surface area (TPSA) is 82.7 Å². The number of hydrogen-bond acceptors (Lipinski definition) is 5. The van der Waals surface area contributed by atoms with Crippen molar-refractivity contribution in [2.45, 2.75) is 25.7 Å². The first-order chi connectivity index (χ1) is 13.2. The standard InChI is InChI=1S/C19H18IN5O2S/c1-11-5-7-14(8-6-11)28(26,27)25-10-15(20)18-19(25)21-9-16(22-18)17-12(2)23-24(4)13(17)3/h5-10H,1-4H3. The highest BCUT2D eigenvalue weighted by Gasteiger charge is 2.23. The number of fused-ring (bicyclic) bond motifs is 1. The lowest BCUT2D eigenvalue weighted by Crippen LogP contribution is -2.12. The van der Waals surface area contributed by atoms with E-state index in [-0.39, 0.29) is 4.90 Å². The van der Waals surface area contributed by atoms with Gasteiger partial charge in [-0.3, -0.25) is 4.68 Å². The van der Waals surface area contributed by atoms with Crippen LogP contribution >= 0.6 is 22.6 Å². The van der Waals surface area contributed by atoms with Crippen LogP contribution in [0.15, 0.2) is 41.6 Å². The van der Waals surface area contributed by atoms with E-state index in [1.54, 1.807) is 41.3 Å². The lowest BCUT2D eigenvalue weighted by atomic mass is 10.1. The Morgan fingerprint density at radius 3 is 2.36 bits per heavy atom. The summed E-state index contributed by atoms with van der Waals surface area (Å²) in [5, 5.41) is 4.43. The van der Waals surface area contributed by atoms with Gasteiger partial charge in [-0.05, 0) is 55.5 Å². The molecule has 0 saturated heterocycles. The molecule has 3 heterocycles. The Bertz CT molecular complexity index is 1320. The largest absolute Gasteiger partial charge is 0.272 e. The maximum atomic E-state index is 13.1. The van der Waals surface area contributed by atoms with Crippen molar-refractivity contribution in [2.75, 3.05) is 0 Å². The molecule has 0 saturated carbocycles. The van der Waals surface area contributed by atoms with Crippen molar-refractivity contribution in [1.29, 1.82) is 0 Å². The first-order valence-electron chi connectivity index (χ1n) is 8.56. The first-order valence-corrected chi connectivity index (χ1v) is 11.1. The average Bonchev–Trinajstić information content (AvgIpc) is 3.11. The van der Waals surface area contributed by atoms with Crippen LogP contribution in [0.5, 0.6) is 0 Å². The molecule has 0 bridgehead atoms. The fraction of sp³-hybridized carbons (Fsp3) is 0.211. The summed E-state index contributed by atoms with van der Waals surface area (Å²) in [4.78, 5) is 9.39. The minimum absolute atomic E-state index is 0.219. The molecule has 0 N–H and O–H groups in total. The molecule has 4 aromatic rings. The smallest absolute Gasteiger partial charge is 0.269 e. The Kier molecular flexibility index (Phi) is 4.53. The zero-order valence-electron chi connectivity index (χ0n) is 15.8. The van der Waals surface area contributed by atoms with Gasteiger partial charge in [0.15, 0.2) is 5.65 Å². The molecule has 0 aliphatic rings. The molecule has 3 aromatic heterocycles. The van der Waals surface area contributed by atoms with Crippen molar-refractivity contribution in [3.8, 4) is 11.3 Å². The van der Waals surface area contributed by atoms with Crippen LogP contribution in [0.3, 0.4) is 0 Å². The minimum atomic E-state index is -3.76. The number of aryl methyl sites for hydroxylation is 3. The summed E-state index contributed by atoms with van der Waals surface area (Å²) in [6.07, 6.45) is 3.17. The molecule has 0 spiro atoms. The van der Waals surface area contributed by atoms with Gasteiger partial charge in [0.1, 0.15) is 5.52 Å². The Hall–Kier alpha value is -2.27. The third-order valence-electron chi connectivity index (χ3n) is 4.76. The predicted octanol–water partition coefficient (Wildman–Crippen LogP) is 3.60. The predicted molar refractivity (Wildman–Crippen MR) is 116 cm³/mol. The summed E-state index contributed by atoms with van der Waals surface area (Å²) in [6, 6.07) is 6.77. The van der Waals surface area contributed by atoms with Gasteiger partial charge in [-0.2, -0.15) is 5.10 Å². The number of hydrogen-bond donors (Lipinski definition) is 0. The van der Waals surface area contributed by atoms with E-state index >= 15 is 0 Å². The number of halogens is 1. The zero-order chi connectivity index (χ0) is 20.2. The Morgan fingerprint density at radius 1 is 1.07 bits per heavy atom. The summed E-state index contributed by atoms with van der Waals surface area (Å²) in [5.74, 6) is 0. The van der Waals surface area contributed by atoms with Gasteiger partial charge in [0.05, 0.1) is 26.1 Å². The third kappa shape index (κ3) is 2.93. The second-order valence-electron chi connectivity index (χ2n) is 6.69. The van der Waals surface area contributed by atoms with Crippen molar-refractivity contribution < 1.29 is 8.42 Å². The van der Waals surface area contributed by atoms with Gasteiger partial charge >= 0.3 is 0 Å². The maximum Gasteiger partial charge on any atom is 0.269 e. The second-order valence-corrected chi connectivity index (χ2v) is 9.66. The molecule has 0 aliphatic heterocycles. The van der Waals surface area contributed by atoms with Crippen LogP contribution in [-0.2, 0) is 17.1 Å². The van der Waals surface area contributed by atoms with Crippen molar-refractivity contribution in [3.63, 3.8) is 0 Å². The van der Waals surface area contributed by atoms with E-state index in [1.807, 2.05) is 27.8 Å². The number of benzene rings is 1. The van der Waals surface area contributed by atoms with E-state index in [9.17, 15) is 8.42 Å². The number of rotatable bonds is 3. The summed E-state index contributed by atoms with van der Waals surface area (Å²) in [5.41, 5.74) is 5.30. The van der Waals surface area contributed by atoms with Crippen LogP contribution in [0.2, 0.25) is 0 Å². The van der Waals surface area contributed by atoms with Gasteiger partial charge in [0.2, 0.25) is 0 Å². The molecule has 7 nitrogen and oxygen atoms in total. The Balaban J connectivity index is 1.90. The first kappa shape index (κ1) is 19.1. The van der Waals surface area contributed by atoms with E-state index in [4.69, 9.17) is 4.98 Å². The van der Waals surface area contributed by atoms with Gasteiger partial charge in [-0.1, -0.05) is 17.7 Å². The summed E-state index contributed by atoms with van der Waals surface area (Å²) < 4.78 is 30.0. The van der Waals surface area contributed by atoms with Crippen LogP contribution in [0, 0.1) is 24.3 Å². The van der Waals surface area contributed by atoms with Gasteiger partial charge < -0.3 is 0 Å². The molecule has 144 valence electrons. The molecule has 0 fully saturated rings. The molecule has 9 heteroatoms. The highest BCUT2D eigenvalue weighted by Crippen LogP contribution is 2.29. The summed E-state index contributed by atoms with van der Waals surface area (Å²) >= 11 is 2.09. The fourth-order valence-electron chi connectivity index (χ4n) is 3.20. The minimum Gasteiger partial charge on any atom is -0.272 e. The summed E-state index contributed by atoms with van der Waals surface area (Å²) in [7, 11) is -1.88. The molecule has 4 rings (SSSR count). The third-order valence-corrected chi connectivity index (χ3v) is 7.22. The molecule has 0 atom stereocenters. The zero-order valence-corrected chi connectivity index (χ0v) is 18.8.